The lowest BCUT2D eigenvalue weighted by Crippen LogP contribution is -2.31. The zero-order valence-corrected chi connectivity index (χ0v) is 13.0. The van der Waals surface area contributed by atoms with Crippen molar-refractivity contribution >= 4 is 5.97 Å². The fourth-order valence-electron chi connectivity index (χ4n) is 3.14. The molecule has 2 rings (SSSR count). The summed E-state index contributed by atoms with van der Waals surface area (Å²) in [6, 6.07) is 5.98. The van der Waals surface area contributed by atoms with Gasteiger partial charge in [0.1, 0.15) is 5.75 Å². The van der Waals surface area contributed by atoms with Crippen molar-refractivity contribution < 1.29 is 14.6 Å². The van der Waals surface area contributed by atoms with Gasteiger partial charge in [0.25, 0.3) is 0 Å². The van der Waals surface area contributed by atoms with Crippen LogP contribution in [0.4, 0.5) is 0 Å². The third kappa shape index (κ3) is 4.21. The number of carboxylic acids is 1. The second-order valence-corrected chi connectivity index (χ2v) is 5.79. The third-order valence-corrected chi connectivity index (χ3v) is 4.25. The summed E-state index contributed by atoms with van der Waals surface area (Å²) in [6.07, 6.45) is 4.97. The van der Waals surface area contributed by atoms with Crippen LogP contribution in [0, 0.1) is 6.92 Å². The normalized spacial score (nSPS) is 18.0. The van der Waals surface area contributed by atoms with Crippen LogP contribution in [0.1, 0.15) is 49.3 Å². The molecule has 0 saturated carbocycles. The van der Waals surface area contributed by atoms with Crippen LogP contribution in [0.3, 0.4) is 0 Å². The highest BCUT2D eigenvalue weighted by molar-refractivity contribution is 5.68. The van der Waals surface area contributed by atoms with Gasteiger partial charge in [0.15, 0.2) is 0 Å². The smallest absolute Gasteiger partial charge is 0.305 e. The molecule has 1 heterocycles. The molecule has 1 unspecified atom stereocenters. The molecule has 4 nitrogen and oxygen atoms in total. The number of aliphatic carboxylic acids is 1. The van der Waals surface area contributed by atoms with Crippen molar-refractivity contribution in [3.05, 3.63) is 29.3 Å². The van der Waals surface area contributed by atoms with E-state index in [0.29, 0.717) is 0 Å². The molecule has 0 spiro atoms. The molecule has 0 aromatic heterocycles. The molecule has 4 heteroatoms. The van der Waals surface area contributed by atoms with Crippen LogP contribution < -0.4 is 4.74 Å². The summed E-state index contributed by atoms with van der Waals surface area (Å²) in [7, 11) is 1.66. The zero-order chi connectivity index (χ0) is 15.2. The number of aryl methyl sites for hydroxylation is 1. The van der Waals surface area contributed by atoms with E-state index < -0.39 is 5.97 Å². The maximum Gasteiger partial charge on any atom is 0.305 e. The molecule has 1 saturated heterocycles. The van der Waals surface area contributed by atoms with Crippen molar-refractivity contribution in [1.82, 2.24) is 4.90 Å². The Labute approximate surface area is 126 Å². The highest BCUT2D eigenvalue weighted by atomic mass is 16.5. The van der Waals surface area contributed by atoms with Crippen LogP contribution in [0.15, 0.2) is 18.2 Å². The molecular formula is C17H25NO3. The monoisotopic (exact) mass is 291 g/mol. The van der Waals surface area contributed by atoms with Crippen LogP contribution in [0.25, 0.3) is 0 Å². The first-order chi connectivity index (χ1) is 10.1. The molecule has 0 aliphatic carbocycles. The van der Waals surface area contributed by atoms with Crippen molar-refractivity contribution in [2.45, 2.75) is 45.1 Å². The predicted octanol–water partition coefficient (Wildman–Crippen LogP) is 3.40. The van der Waals surface area contributed by atoms with Crippen molar-refractivity contribution in [1.29, 1.82) is 0 Å². The van der Waals surface area contributed by atoms with E-state index in [-0.39, 0.29) is 12.5 Å². The minimum Gasteiger partial charge on any atom is -0.496 e. The van der Waals surface area contributed by atoms with Crippen molar-refractivity contribution in [2.75, 3.05) is 20.2 Å². The third-order valence-electron chi connectivity index (χ3n) is 4.25. The van der Waals surface area contributed by atoms with E-state index in [9.17, 15) is 9.90 Å². The van der Waals surface area contributed by atoms with Crippen molar-refractivity contribution in [2.24, 2.45) is 0 Å². The van der Waals surface area contributed by atoms with Gasteiger partial charge in [-0.2, -0.15) is 0 Å². The van der Waals surface area contributed by atoms with Crippen LogP contribution >= 0.6 is 0 Å². The molecule has 0 amide bonds. The molecule has 1 fully saturated rings. The number of hydrogen-bond acceptors (Lipinski definition) is 3. The Hall–Kier alpha value is -1.55. The fourth-order valence-corrected chi connectivity index (χ4v) is 3.14. The summed E-state index contributed by atoms with van der Waals surface area (Å²) in [4.78, 5) is 13.6. The van der Waals surface area contributed by atoms with Crippen LogP contribution in [-0.2, 0) is 4.79 Å². The molecular weight excluding hydrogens is 266 g/mol. The van der Waals surface area contributed by atoms with E-state index >= 15 is 0 Å². The highest BCUT2D eigenvalue weighted by Gasteiger charge is 2.24. The maximum absolute atomic E-state index is 11.3. The van der Waals surface area contributed by atoms with E-state index in [4.69, 9.17) is 4.74 Å². The molecule has 1 N–H and O–H groups in total. The summed E-state index contributed by atoms with van der Waals surface area (Å²) in [6.45, 7) is 3.98. The summed E-state index contributed by atoms with van der Waals surface area (Å²) in [5, 5.41) is 9.26. The molecule has 1 atom stereocenters. The van der Waals surface area contributed by atoms with Gasteiger partial charge in [0.05, 0.1) is 13.5 Å². The van der Waals surface area contributed by atoms with Gasteiger partial charge < -0.3 is 9.84 Å². The van der Waals surface area contributed by atoms with Crippen LogP contribution in [-0.4, -0.2) is 36.2 Å². The molecule has 1 aromatic rings. The first-order valence-electron chi connectivity index (χ1n) is 7.72. The number of rotatable bonds is 5. The van der Waals surface area contributed by atoms with E-state index in [1.807, 2.05) is 19.1 Å². The molecule has 21 heavy (non-hydrogen) atoms. The summed E-state index contributed by atoms with van der Waals surface area (Å²) in [5.41, 5.74) is 2.14. The quantitative estimate of drug-likeness (QED) is 0.903. The second kappa shape index (κ2) is 7.46. The molecule has 1 aliphatic heterocycles. The summed E-state index contributed by atoms with van der Waals surface area (Å²) >= 11 is 0. The van der Waals surface area contributed by atoms with Gasteiger partial charge in [-0.1, -0.05) is 25.0 Å². The van der Waals surface area contributed by atoms with Gasteiger partial charge in [-0.05, 0) is 50.0 Å². The molecule has 0 bridgehead atoms. The Morgan fingerprint density at radius 3 is 2.48 bits per heavy atom. The Morgan fingerprint density at radius 2 is 1.95 bits per heavy atom. The number of likely N-dealkylation sites (tertiary alicyclic amines) is 1. The average molecular weight is 291 g/mol. The number of nitrogens with zero attached hydrogens (tertiary/aromatic N) is 1. The van der Waals surface area contributed by atoms with E-state index in [1.165, 1.54) is 12.8 Å². The Balaban J connectivity index is 2.25. The maximum atomic E-state index is 11.3. The van der Waals surface area contributed by atoms with Gasteiger partial charge in [0.2, 0.25) is 0 Å². The number of ether oxygens (including phenoxy) is 1. The molecule has 116 valence electrons. The molecule has 1 aliphatic rings. The summed E-state index contributed by atoms with van der Waals surface area (Å²) in [5.74, 6) is 0.112. The highest BCUT2D eigenvalue weighted by Crippen LogP contribution is 2.30. The van der Waals surface area contributed by atoms with Gasteiger partial charge in [-0.15, -0.1) is 0 Å². The lowest BCUT2D eigenvalue weighted by molar-refractivity contribution is -0.138. The minimum absolute atomic E-state index is 0.0368. The Bertz CT molecular complexity index is 479. The second-order valence-electron chi connectivity index (χ2n) is 5.79. The predicted molar refractivity (Wildman–Crippen MR) is 82.8 cm³/mol. The van der Waals surface area contributed by atoms with E-state index in [2.05, 4.69) is 11.0 Å². The van der Waals surface area contributed by atoms with Gasteiger partial charge >= 0.3 is 5.97 Å². The standard InChI is InChI=1S/C17H25NO3/c1-13-11-14(7-8-16(13)21-2)15(12-17(19)20)18-9-5-3-4-6-10-18/h7-8,11,15H,3-6,9-10,12H2,1-2H3,(H,19,20). The summed E-state index contributed by atoms with van der Waals surface area (Å²) < 4.78 is 5.30. The SMILES string of the molecule is COc1ccc(C(CC(=O)O)N2CCCCCC2)cc1C. The Morgan fingerprint density at radius 1 is 1.29 bits per heavy atom. The van der Waals surface area contributed by atoms with Crippen molar-refractivity contribution in [3.63, 3.8) is 0 Å². The average Bonchev–Trinajstić information content (AvgIpc) is 2.73. The van der Waals surface area contributed by atoms with Gasteiger partial charge in [0, 0.05) is 6.04 Å². The largest absolute Gasteiger partial charge is 0.496 e. The van der Waals surface area contributed by atoms with E-state index in [0.717, 1.165) is 42.8 Å². The fraction of sp³-hybridized carbons (Fsp3) is 0.588. The number of carbonyl (C=O) groups is 1. The molecule has 1 aromatic carbocycles. The topological polar surface area (TPSA) is 49.8 Å². The van der Waals surface area contributed by atoms with Gasteiger partial charge in [-0.25, -0.2) is 0 Å². The number of methoxy groups -OCH3 is 1. The lowest BCUT2D eigenvalue weighted by Gasteiger charge is -2.30. The van der Waals surface area contributed by atoms with Gasteiger partial charge in [-0.3, -0.25) is 9.69 Å². The lowest BCUT2D eigenvalue weighted by atomic mass is 9.99. The molecule has 0 radical (unpaired) electrons. The van der Waals surface area contributed by atoms with Crippen LogP contribution in [0.5, 0.6) is 5.75 Å². The number of benzene rings is 1. The van der Waals surface area contributed by atoms with E-state index in [1.54, 1.807) is 7.11 Å². The Kier molecular flexibility index (Phi) is 5.62. The van der Waals surface area contributed by atoms with Crippen molar-refractivity contribution in [3.8, 4) is 5.75 Å². The first-order valence-corrected chi connectivity index (χ1v) is 7.72. The first kappa shape index (κ1) is 15.8. The zero-order valence-electron chi connectivity index (χ0n) is 13.0. The van der Waals surface area contributed by atoms with Crippen LogP contribution in [0.2, 0.25) is 0 Å². The minimum atomic E-state index is -0.738. The number of carboxylic acid groups (broad SMARTS) is 1. The number of hydrogen-bond donors (Lipinski definition) is 1.